The number of alkyl halides is 1. The van der Waals surface area contributed by atoms with Crippen LogP contribution in [0.5, 0.6) is 0 Å². The third kappa shape index (κ3) is 4.73. The van der Waals surface area contributed by atoms with Gasteiger partial charge in [-0.25, -0.2) is 0 Å². The third-order valence-electron chi connectivity index (χ3n) is 1.39. The molecule has 0 spiro atoms. The molecule has 2 heteroatoms. The van der Waals surface area contributed by atoms with Crippen LogP contribution in [0.15, 0.2) is 0 Å². The van der Waals surface area contributed by atoms with Crippen molar-refractivity contribution in [2.45, 2.75) is 32.3 Å². The van der Waals surface area contributed by atoms with Gasteiger partial charge in [0.05, 0.1) is 6.10 Å². The lowest BCUT2D eigenvalue weighted by molar-refractivity contribution is 0.111. The number of hydrogen-bond donors (Lipinski definition) is 0. The molecule has 0 aromatic carbocycles. The molecular formula is C7H15ClO. The first-order chi connectivity index (χ1) is 4.35. The molecule has 0 radical (unpaired) electrons. The van der Waals surface area contributed by atoms with E-state index >= 15 is 0 Å². The van der Waals surface area contributed by atoms with Gasteiger partial charge in [0.25, 0.3) is 0 Å². The first kappa shape index (κ1) is 9.25. The van der Waals surface area contributed by atoms with Crippen molar-refractivity contribution in [1.29, 1.82) is 0 Å². The molecule has 1 atom stereocenters. The van der Waals surface area contributed by atoms with Crippen molar-refractivity contribution in [3.8, 4) is 0 Å². The van der Waals surface area contributed by atoms with Crippen molar-refractivity contribution in [3.63, 3.8) is 0 Å². The van der Waals surface area contributed by atoms with E-state index in [0.29, 0.717) is 5.88 Å². The normalized spacial score (nSPS) is 13.7. The van der Waals surface area contributed by atoms with E-state index in [4.69, 9.17) is 16.3 Å². The topological polar surface area (TPSA) is 9.23 Å². The Morgan fingerprint density at radius 3 is 2.56 bits per heavy atom. The summed E-state index contributed by atoms with van der Waals surface area (Å²) in [6.45, 7) is 2.17. The second-order valence-electron chi connectivity index (χ2n) is 2.15. The number of hydrogen-bond acceptors (Lipinski definition) is 1. The highest BCUT2D eigenvalue weighted by molar-refractivity contribution is 6.18. The second kappa shape index (κ2) is 6.37. The number of methoxy groups -OCH3 is 1. The molecule has 0 amide bonds. The summed E-state index contributed by atoms with van der Waals surface area (Å²) in [7, 11) is 1.71. The minimum atomic E-state index is 0.270. The largest absolute Gasteiger partial charge is 0.380 e. The van der Waals surface area contributed by atoms with Gasteiger partial charge in [-0.3, -0.25) is 0 Å². The van der Waals surface area contributed by atoms with Crippen LogP contribution in [0.4, 0.5) is 0 Å². The Balaban J connectivity index is 3.09. The summed E-state index contributed by atoms with van der Waals surface area (Å²) < 4.78 is 5.07. The van der Waals surface area contributed by atoms with Crippen LogP contribution in [-0.4, -0.2) is 19.1 Å². The second-order valence-corrected chi connectivity index (χ2v) is 2.46. The average molecular weight is 151 g/mol. The smallest absolute Gasteiger partial charge is 0.0706 e. The van der Waals surface area contributed by atoms with E-state index in [-0.39, 0.29) is 6.10 Å². The van der Waals surface area contributed by atoms with Gasteiger partial charge in [-0.15, -0.1) is 11.6 Å². The van der Waals surface area contributed by atoms with E-state index in [0.717, 1.165) is 6.42 Å². The maximum Gasteiger partial charge on any atom is 0.0706 e. The number of halogens is 1. The average Bonchev–Trinajstić information content (AvgIpc) is 1.91. The monoisotopic (exact) mass is 150 g/mol. The Morgan fingerprint density at radius 2 is 2.22 bits per heavy atom. The van der Waals surface area contributed by atoms with Crippen molar-refractivity contribution in [3.05, 3.63) is 0 Å². The third-order valence-corrected chi connectivity index (χ3v) is 1.73. The fraction of sp³-hybridized carbons (Fsp3) is 1.00. The molecule has 0 N–H and O–H groups in total. The Labute approximate surface area is 62.3 Å². The Morgan fingerprint density at radius 1 is 1.56 bits per heavy atom. The molecule has 1 nitrogen and oxygen atoms in total. The highest BCUT2D eigenvalue weighted by atomic mass is 35.5. The summed E-state index contributed by atoms with van der Waals surface area (Å²) in [5.41, 5.74) is 0. The summed E-state index contributed by atoms with van der Waals surface area (Å²) in [5.74, 6) is 0.622. The molecule has 0 aliphatic carbocycles. The summed E-state index contributed by atoms with van der Waals surface area (Å²) in [6, 6.07) is 0. The summed E-state index contributed by atoms with van der Waals surface area (Å²) in [5, 5.41) is 0. The molecule has 1 unspecified atom stereocenters. The van der Waals surface area contributed by atoms with Gasteiger partial charge in [-0.2, -0.15) is 0 Å². The van der Waals surface area contributed by atoms with Crippen molar-refractivity contribution < 1.29 is 4.74 Å². The Bertz CT molecular complexity index is 52.9. The van der Waals surface area contributed by atoms with Crippen molar-refractivity contribution >= 4 is 11.6 Å². The standard InChI is InChI=1S/C7H15ClO/c1-3-4-5-7(6-8)9-2/h7H,3-6H2,1-2H3. The molecule has 0 aliphatic rings. The lowest BCUT2D eigenvalue weighted by atomic mass is 10.2. The van der Waals surface area contributed by atoms with Gasteiger partial charge in [0, 0.05) is 13.0 Å². The van der Waals surface area contributed by atoms with Crippen LogP contribution in [0, 0.1) is 0 Å². The zero-order chi connectivity index (χ0) is 7.11. The zero-order valence-corrected chi connectivity index (χ0v) is 6.95. The van der Waals surface area contributed by atoms with Gasteiger partial charge in [-0.1, -0.05) is 19.8 Å². The molecule has 0 aromatic heterocycles. The van der Waals surface area contributed by atoms with Crippen LogP contribution in [0.1, 0.15) is 26.2 Å². The van der Waals surface area contributed by atoms with Crippen molar-refractivity contribution in [2.75, 3.05) is 13.0 Å². The molecule has 0 fully saturated rings. The lowest BCUT2D eigenvalue weighted by Crippen LogP contribution is -2.11. The molecule has 0 heterocycles. The molecule has 0 bridgehead atoms. The maximum atomic E-state index is 5.58. The predicted molar refractivity (Wildman–Crippen MR) is 41.0 cm³/mol. The molecule has 0 rings (SSSR count). The van der Waals surface area contributed by atoms with E-state index < -0.39 is 0 Å². The van der Waals surface area contributed by atoms with Crippen LogP contribution in [-0.2, 0) is 4.74 Å². The van der Waals surface area contributed by atoms with E-state index in [1.54, 1.807) is 7.11 Å². The highest BCUT2D eigenvalue weighted by Crippen LogP contribution is 2.04. The molecular weight excluding hydrogens is 136 g/mol. The molecule has 0 aromatic rings. The number of unbranched alkanes of at least 4 members (excludes halogenated alkanes) is 1. The molecule has 0 aliphatic heterocycles. The van der Waals surface area contributed by atoms with Crippen LogP contribution in [0.3, 0.4) is 0 Å². The van der Waals surface area contributed by atoms with Crippen LogP contribution in [0.25, 0.3) is 0 Å². The number of rotatable bonds is 5. The van der Waals surface area contributed by atoms with Gasteiger partial charge >= 0.3 is 0 Å². The minimum Gasteiger partial charge on any atom is -0.380 e. The fourth-order valence-corrected chi connectivity index (χ4v) is 0.970. The van der Waals surface area contributed by atoms with E-state index in [1.807, 2.05) is 0 Å². The first-order valence-electron chi connectivity index (χ1n) is 3.43. The van der Waals surface area contributed by atoms with Crippen LogP contribution < -0.4 is 0 Å². The van der Waals surface area contributed by atoms with Crippen molar-refractivity contribution in [2.24, 2.45) is 0 Å². The van der Waals surface area contributed by atoms with Crippen LogP contribution in [0.2, 0.25) is 0 Å². The van der Waals surface area contributed by atoms with Gasteiger partial charge in [0.2, 0.25) is 0 Å². The van der Waals surface area contributed by atoms with Gasteiger partial charge < -0.3 is 4.74 Å². The minimum absolute atomic E-state index is 0.270. The van der Waals surface area contributed by atoms with E-state index in [1.165, 1.54) is 12.8 Å². The number of ether oxygens (including phenoxy) is 1. The first-order valence-corrected chi connectivity index (χ1v) is 3.97. The van der Waals surface area contributed by atoms with E-state index in [9.17, 15) is 0 Å². The summed E-state index contributed by atoms with van der Waals surface area (Å²) in [4.78, 5) is 0. The quantitative estimate of drug-likeness (QED) is 0.547. The summed E-state index contributed by atoms with van der Waals surface area (Å²) >= 11 is 5.58. The summed E-state index contributed by atoms with van der Waals surface area (Å²) in [6.07, 6.45) is 3.80. The molecule has 0 saturated heterocycles. The highest BCUT2D eigenvalue weighted by Gasteiger charge is 2.02. The van der Waals surface area contributed by atoms with Gasteiger partial charge in [0.1, 0.15) is 0 Å². The SMILES string of the molecule is CCCCC(CCl)OC. The van der Waals surface area contributed by atoms with Crippen LogP contribution >= 0.6 is 11.6 Å². The predicted octanol–water partition coefficient (Wildman–Crippen LogP) is 2.43. The zero-order valence-electron chi connectivity index (χ0n) is 6.19. The molecule has 56 valence electrons. The van der Waals surface area contributed by atoms with Gasteiger partial charge in [0.15, 0.2) is 0 Å². The fourth-order valence-electron chi connectivity index (χ4n) is 0.690. The Kier molecular flexibility index (Phi) is 6.55. The maximum absolute atomic E-state index is 5.58. The molecule has 0 saturated carbocycles. The van der Waals surface area contributed by atoms with Crippen molar-refractivity contribution in [1.82, 2.24) is 0 Å². The Hall–Kier alpha value is 0.250. The van der Waals surface area contributed by atoms with E-state index in [2.05, 4.69) is 6.92 Å². The molecule has 9 heavy (non-hydrogen) atoms. The lowest BCUT2D eigenvalue weighted by Gasteiger charge is -2.09. The van der Waals surface area contributed by atoms with Gasteiger partial charge in [-0.05, 0) is 6.42 Å².